The molecule has 110 valence electrons. The van der Waals surface area contributed by atoms with Crippen LogP contribution in [0.25, 0.3) is 0 Å². The molecule has 1 aromatic rings. The quantitative estimate of drug-likeness (QED) is 0.780. The Hall–Kier alpha value is -2.37. The van der Waals surface area contributed by atoms with E-state index >= 15 is 0 Å². The van der Waals surface area contributed by atoms with Gasteiger partial charge < -0.3 is 14.3 Å². The number of carbonyl (C=O) groups excluding carboxylic acids is 2. The van der Waals surface area contributed by atoms with Gasteiger partial charge in [-0.2, -0.15) is 0 Å². The summed E-state index contributed by atoms with van der Waals surface area (Å²) in [6, 6.07) is 9.25. The predicted octanol–water partition coefficient (Wildman–Crippen LogP) is 1.14. The van der Waals surface area contributed by atoms with Crippen molar-refractivity contribution in [3.8, 4) is 0 Å². The summed E-state index contributed by atoms with van der Waals surface area (Å²) >= 11 is 0. The van der Waals surface area contributed by atoms with E-state index in [1.807, 2.05) is 30.3 Å². The Morgan fingerprint density at radius 1 is 1.19 bits per heavy atom. The van der Waals surface area contributed by atoms with Gasteiger partial charge in [0.25, 0.3) is 0 Å². The third-order valence-electron chi connectivity index (χ3n) is 4.02. The topological polar surface area (TPSA) is 74.2 Å². The van der Waals surface area contributed by atoms with Gasteiger partial charge in [0, 0.05) is 12.0 Å². The lowest BCUT2D eigenvalue weighted by Gasteiger charge is -2.16. The van der Waals surface area contributed by atoms with E-state index in [1.54, 1.807) is 0 Å². The maximum atomic E-state index is 12.2. The zero-order valence-corrected chi connectivity index (χ0v) is 11.7. The average molecular weight is 289 g/mol. The summed E-state index contributed by atoms with van der Waals surface area (Å²) in [5.74, 6) is -2.06. The molecule has 2 aliphatic rings. The molecule has 3 atom stereocenters. The number of hydrogen-bond acceptors (Lipinski definition) is 6. The maximum Gasteiger partial charge on any atom is 0.319 e. The number of nitrogens with zero attached hydrogens (tertiary/aromatic N) is 1. The number of methoxy groups -OCH3 is 2. The van der Waals surface area contributed by atoms with Crippen molar-refractivity contribution in [2.75, 3.05) is 14.2 Å². The first-order valence-electron chi connectivity index (χ1n) is 6.61. The molecule has 0 saturated heterocycles. The van der Waals surface area contributed by atoms with Crippen LogP contribution in [-0.4, -0.2) is 37.5 Å². The molecular weight excluding hydrogens is 274 g/mol. The maximum absolute atomic E-state index is 12.2. The van der Waals surface area contributed by atoms with E-state index in [-0.39, 0.29) is 0 Å². The van der Waals surface area contributed by atoms with Crippen LogP contribution < -0.4 is 0 Å². The first-order chi connectivity index (χ1) is 10.1. The lowest BCUT2D eigenvalue weighted by Crippen LogP contribution is -2.37. The van der Waals surface area contributed by atoms with Gasteiger partial charge in [0.2, 0.25) is 0 Å². The van der Waals surface area contributed by atoms with Crippen LogP contribution in [0.15, 0.2) is 35.5 Å². The van der Waals surface area contributed by atoms with Crippen LogP contribution in [0.2, 0.25) is 0 Å². The normalized spacial score (nSPS) is 29.5. The second-order valence-corrected chi connectivity index (χ2v) is 5.12. The van der Waals surface area contributed by atoms with Gasteiger partial charge in [0.05, 0.1) is 14.2 Å². The molecule has 1 spiro atoms. The highest BCUT2D eigenvalue weighted by atomic mass is 16.7. The molecule has 6 heteroatoms. The Labute approximate surface area is 121 Å². The second-order valence-electron chi connectivity index (χ2n) is 5.12. The number of ether oxygens (including phenoxy) is 2. The smallest absolute Gasteiger partial charge is 0.319 e. The third-order valence-corrected chi connectivity index (χ3v) is 4.02. The van der Waals surface area contributed by atoms with Crippen molar-refractivity contribution in [3.63, 3.8) is 0 Å². The SMILES string of the molecule is COC(=O)[C@@H]1C(c2ccccc2)=NO[C@@]12C[C@@H]2C(=O)OC. The highest BCUT2D eigenvalue weighted by Crippen LogP contribution is 2.57. The highest BCUT2D eigenvalue weighted by molar-refractivity contribution is 6.14. The monoisotopic (exact) mass is 289 g/mol. The van der Waals surface area contributed by atoms with Gasteiger partial charge in [-0.05, 0) is 0 Å². The van der Waals surface area contributed by atoms with Crippen molar-refractivity contribution in [2.24, 2.45) is 17.0 Å². The van der Waals surface area contributed by atoms with Gasteiger partial charge in [-0.3, -0.25) is 9.59 Å². The molecule has 1 saturated carbocycles. The summed E-state index contributed by atoms with van der Waals surface area (Å²) in [5, 5.41) is 4.05. The van der Waals surface area contributed by atoms with Crippen molar-refractivity contribution >= 4 is 17.7 Å². The highest BCUT2D eigenvalue weighted by Gasteiger charge is 2.73. The first kappa shape index (κ1) is 13.6. The Kier molecular flexibility index (Phi) is 3.16. The Bertz CT molecular complexity index is 612. The fourth-order valence-corrected chi connectivity index (χ4v) is 2.83. The molecule has 1 heterocycles. The predicted molar refractivity (Wildman–Crippen MR) is 72.4 cm³/mol. The Morgan fingerprint density at radius 3 is 2.48 bits per heavy atom. The van der Waals surface area contributed by atoms with E-state index in [9.17, 15) is 9.59 Å². The number of esters is 2. The molecule has 1 fully saturated rings. The molecule has 1 aliphatic carbocycles. The minimum atomic E-state index is -0.953. The molecule has 1 aliphatic heterocycles. The largest absolute Gasteiger partial charge is 0.469 e. The van der Waals surface area contributed by atoms with Gasteiger partial charge in [-0.25, -0.2) is 0 Å². The minimum absolute atomic E-state index is 0.395. The van der Waals surface area contributed by atoms with Crippen LogP contribution in [0.1, 0.15) is 12.0 Å². The van der Waals surface area contributed by atoms with Crippen LogP contribution in [0.5, 0.6) is 0 Å². The van der Waals surface area contributed by atoms with Crippen LogP contribution in [0.4, 0.5) is 0 Å². The molecule has 0 radical (unpaired) electrons. The fraction of sp³-hybridized carbons (Fsp3) is 0.400. The van der Waals surface area contributed by atoms with Gasteiger partial charge in [-0.1, -0.05) is 35.5 Å². The van der Waals surface area contributed by atoms with E-state index < -0.39 is 29.4 Å². The van der Waals surface area contributed by atoms with Gasteiger partial charge in [0.1, 0.15) is 17.5 Å². The Balaban J connectivity index is 1.94. The molecule has 0 amide bonds. The summed E-state index contributed by atoms with van der Waals surface area (Å²) in [6.07, 6.45) is 0.402. The summed E-state index contributed by atoms with van der Waals surface area (Å²) in [4.78, 5) is 29.4. The van der Waals surface area contributed by atoms with E-state index in [0.717, 1.165) is 5.56 Å². The van der Waals surface area contributed by atoms with Crippen molar-refractivity contribution in [2.45, 2.75) is 12.0 Å². The summed E-state index contributed by atoms with van der Waals surface area (Å²) in [7, 11) is 2.63. The van der Waals surface area contributed by atoms with Crippen molar-refractivity contribution in [1.82, 2.24) is 0 Å². The number of hydrogen-bond donors (Lipinski definition) is 0. The van der Waals surface area contributed by atoms with E-state index in [1.165, 1.54) is 14.2 Å². The molecular formula is C15H15NO5. The Morgan fingerprint density at radius 2 is 1.86 bits per heavy atom. The lowest BCUT2D eigenvalue weighted by molar-refractivity contribution is -0.150. The molecule has 0 unspecified atom stereocenters. The van der Waals surface area contributed by atoms with E-state index in [0.29, 0.717) is 12.1 Å². The minimum Gasteiger partial charge on any atom is -0.469 e. The van der Waals surface area contributed by atoms with E-state index in [2.05, 4.69) is 5.16 Å². The second kappa shape index (κ2) is 4.87. The van der Waals surface area contributed by atoms with Crippen LogP contribution in [0, 0.1) is 11.8 Å². The molecule has 0 bridgehead atoms. The fourth-order valence-electron chi connectivity index (χ4n) is 2.83. The summed E-state index contributed by atoms with van der Waals surface area (Å²) in [5.41, 5.74) is 0.319. The summed E-state index contributed by atoms with van der Waals surface area (Å²) < 4.78 is 9.61. The van der Waals surface area contributed by atoms with Crippen molar-refractivity contribution in [3.05, 3.63) is 35.9 Å². The van der Waals surface area contributed by atoms with Crippen LogP contribution in [-0.2, 0) is 23.9 Å². The van der Waals surface area contributed by atoms with E-state index in [4.69, 9.17) is 14.3 Å². The molecule has 21 heavy (non-hydrogen) atoms. The number of oxime groups is 1. The average Bonchev–Trinajstić information content (AvgIpc) is 3.12. The summed E-state index contributed by atoms with van der Waals surface area (Å²) in [6.45, 7) is 0. The molecule has 6 nitrogen and oxygen atoms in total. The van der Waals surface area contributed by atoms with Gasteiger partial charge in [0.15, 0.2) is 5.60 Å². The van der Waals surface area contributed by atoms with Crippen LogP contribution in [0.3, 0.4) is 0 Å². The van der Waals surface area contributed by atoms with Gasteiger partial charge >= 0.3 is 11.9 Å². The van der Waals surface area contributed by atoms with Crippen molar-refractivity contribution in [1.29, 1.82) is 0 Å². The number of benzene rings is 1. The van der Waals surface area contributed by atoms with Crippen LogP contribution >= 0.6 is 0 Å². The third kappa shape index (κ3) is 1.98. The van der Waals surface area contributed by atoms with Gasteiger partial charge in [-0.15, -0.1) is 0 Å². The standard InChI is InChI=1S/C15H15NO5/c1-19-13(17)10-8-15(10)11(14(18)20-2)12(16-21-15)9-6-4-3-5-7-9/h3-7,10-11H,8H2,1-2H3/t10-,11+,15-/m1/s1. The molecule has 1 aromatic carbocycles. The lowest BCUT2D eigenvalue weighted by atomic mass is 9.89. The number of rotatable bonds is 3. The first-order valence-corrected chi connectivity index (χ1v) is 6.61. The molecule has 0 N–H and O–H groups in total. The van der Waals surface area contributed by atoms with Crippen molar-refractivity contribution < 1.29 is 23.9 Å². The zero-order valence-electron chi connectivity index (χ0n) is 11.7. The molecule has 0 aromatic heterocycles. The zero-order chi connectivity index (χ0) is 15.0. The number of carbonyl (C=O) groups is 2. The molecule has 3 rings (SSSR count).